The maximum absolute atomic E-state index is 6.54. The van der Waals surface area contributed by atoms with Gasteiger partial charge in [0.1, 0.15) is 17.0 Å². The van der Waals surface area contributed by atoms with Crippen LogP contribution in [0.4, 0.5) is 0 Å². The number of fused-ring (bicyclic) bond motifs is 4. The van der Waals surface area contributed by atoms with Gasteiger partial charge in [-0.1, -0.05) is 89.2 Å². The van der Waals surface area contributed by atoms with Crippen LogP contribution >= 0.6 is 0 Å². The lowest BCUT2D eigenvalue weighted by Gasteiger charge is -2.24. The standard InChI is InChI=1S/C34H34N2O/c1-7-23-18-26(20(2)3)32(27(19-23)21(4)5)36-29-14-10-9-13-28(29)35-34(36)31-22(6)16-17-25-24-12-8-11-15-30(24)37-33(25)31/h8-21H,7H2,1-6H3. The summed E-state index contributed by atoms with van der Waals surface area (Å²) in [6, 6.07) is 26.0. The lowest BCUT2D eigenvalue weighted by atomic mass is 9.89. The van der Waals surface area contributed by atoms with Gasteiger partial charge in [0.2, 0.25) is 0 Å². The Kier molecular flexibility index (Phi) is 5.67. The van der Waals surface area contributed by atoms with Gasteiger partial charge in [-0.15, -0.1) is 0 Å². The van der Waals surface area contributed by atoms with Gasteiger partial charge in [-0.05, 0) is 65.6 Å². The summed E-state index contributed by atoms with van der Waals surface area (Å²) in [5.41, 5.74) is 11.5. The van der Waals surface area contributed by atoms with Gasteiger partial charge in [0.05, 0.1) is 22.3 Å². The monoisotopic (exact) mass is 486 g/mol. The Morgan fingerprint density at radius 3 is 2.19 bits per heavy atom. The third kappa shape index (κ3) is 3.68. The fourth-order valence-electron chi connectivity index (χ4n) is 5.67. The van der Waals surface area contributed by atoms with E-state index >= 15 is 0 Å². The molecule has 0 atom stereocenters. The van der Waals surface area contributed by atoms with E-state index in [0.717, 1.165) is 56.3 Å². The number of aromatic nitrogens is 2. The van der Waals surface area contributed by atoms with Crippen LogP contribution in [0, 0.1) is 6.92 Å². The molecule has 186 valence electrons. The molecule has 0 saturated heterocycles. The number of nitrogens with zero attached hydrogens (tertiary/aromatic N) is 2. The predicted molar refractivity (Wildman–Crippen MR) is 156 cm³/mol. The van der Waals surface area contributed by atoms with Crippen LogP contribution in [0.3, 0.4) is 0 Å². The van der Waals surface area contributed by atoms with Crippen LogP contribution in [-0.4, -0.2) is 9.55 Å². The third-order valence-corrected chi connectivity index (χ3v) is 7.64. The molecule has 0 unspecified atom stereocenters. The Hall–Kier alpha value is -3.85. The summed E-state index contributed by atoms with van der Waals surface area (Å²) in [6.45, 7) is 13.6. The summed E-state index contributed by atoms with van der Waals surface area (Å²) in [5.74, 6) is 1.68. The Morgan fingerprint density at radius 2 is 1.49 bits per heavy atom. The molecule has 0 spiro atoms. The molecule has 0 radical (unpaired) electrons. The van der Waals surface area contributed by atoms with E-state index in [1.807, 2.05) is 6.07 Å². The normalized spacial score (nSPS) is 12.1. The van der Waals surface area contributed by atoms with Crippen LogP contribution in [0.1, 0.15) is 68.7 Å². The highest BCUT2D eigenvalue weighted by atomic mass is 16.3. The quantitative estimate of drug-likeness (QED) is 0.243. The van der Waals surface area contributed by atoms with Crippen molar-refractivity contribution in [2.24, 2.45) is 0 Å². The number of benzene rings is 4. The van der Waals surface area contributed by atoms with Gasteiger partial charge < -0.3 is 4.42 Å². The molecular weight excluding hydrogens is 452 g/mol. The maximum atomic E-state index is 6.54. The Balaban J connectivity index is 1.79. The topological polar surface area (TPSA) is 31.0 Å². The maximum Gasteiger partial charge on any atom is 0.149 e. The van der Waals surface area contributed by atoms with Crippen molar-refractivity contribution in [2.75, 3.05) is 0 Å². The zero-order valence-corrected chi connectivity index (χ0v) is 22.6. The van der Waals surface area contributed by atoms with Crippen LogP contribution in [0.15, 0.2) is 77.2 Å². The fourth-order valence-corrected chi connectivity index (χ4v) is 5.67. The van der Waals surface area contributed by atoms with Crippen molar-refractivity contribution in [3.63, 3.8) is 0 Å². The molecule has 0 aliphatic carbocycles. The van der Waals surface area contributed by atoms with Gasteiger partial charge in [-0.25, -0.2) is 4.98 Å². The molecule has 2 aromatic heterocycles. The van der Waals surface area contributed by atoms with Crippen LogP contribution in [0.5, 0.6) is 0 Å². The van der Waals surface area contributed by atoms with Crippen LogP contribution in [-0.2, 0) is 6.42 Å². The largest absolute Gasteiger partial charge is 0.455 e. The number of rotatable bonds is 5. The average Bonchev–Trinajstić information content (AvgIpc) is 3.46. The highest BCUT2D eigenvalue weighted by Crippen LogP contribution is 2.42. The van der Waals surface area contributed by atoms with Crippen molar-refractivity contribution in [1.82, 2.24) is 9.55 Å². The Bertz CT molecular complexity index is 1750. The minimum absolute atomic E-state index is 0.371. The SMILES string of the molecule is CCc1cc(C(C)C)c(-n2c(-c3c(C)ccc4c3oc3ccccc34)nc3ccccc32)c(C(C)C)c1. The molecule has 0 bridgehead atoms. The molecule has 0 aliphatic rings. The molecule has 0 amide bonds. The summed E-state index contributed by atoms with van der Waals surface area (Å²) in [4.78, 5) is 5.29. The first-order valence-electron chi connectivity index (χ1n) is 13.4. The number of hydrogen-bond donors (Lipinski definition) is 0. The molecule has 2 heterocycles. The van der Waals surface area contributed by atoms with E-state index in [4.69, 9.17) is 9.40 Å². The van der Waals surface area contributed by atoms with E-state index in [9.17, 15) is 0 Å². The van der Waals surface area contributed by atoms with Gasteiger partial charge in [-0.2, -0.15) is 0 Å². The molecular formula is C34H34N2O. The summed E-state index contributed by atoms with van der Waals surface area (Å²) < 4.78 is 8.96. The second kappa shape index (κ2) is 8.92. The molecule has 0 fully saturated rings. The molecule has 4 aromatic carbocycles. The first-order valence-corrected chi connectivity index (χ1v) is 13.4. The van der Waals surface area contributed by atoms with Crippen LogP contribution in [0.2, 0.25) is 0 Å². The minimum Gasteiger partial charge on any atom is -0.455 e. The highest BCUT2D eigenvalue weighted by Gasteiger charge is 2.25. The van der Waals surface area contributed by atoms with Gasteiger partial charge in [0, 0.05) is 10.8 Å². The zero-order chi connectivity index (χ0) is 25.8. The van der Waals surface area contributed by atoms with Crippen molar-refractivity contribution in [1.29, 1.82) is 0 Å². The van der Waals surface area contributed by atoms with Gasteiger partial charge in [-0.3, -0.25) is 4.57 Å². The predicted octanol–water partition coefficient (Wildman–Crippen LogP) is 9.71. The second-order valence-electron chi connectivity index (χ2n) is 10.8. The van der Waals surface area contributed by atoms with Crippen molar-refractivity contribution < 1.29 is 4.42 Å². The zero-order valence-electron chi connectivity index (χ0n) is 22.6. The number of imidazole rings is 1. The molecule has 3 heteroatoms. The van der Waals surface area contributed by atoms with Crippen molar-refractivity contribution in [2.45, 2.75) is 59.8 Å². The Morgan fingerprint density at radius 1 is 0.811 bits per heavy atom. The molecule has 6 rings (SSSR count). The van der Waals surface area contributed by atoms with E-state index in [0.29, 0.717) is 11.8 Å². The second-order valence-corrected chi connectivity index (χ2v) is 10.8. The molecule has 0 saturated carbocycles. The molecule has 0 aliphatic heterocycles. The average molecular weight is 487 g/mol. The first-order chi connectivity index (χ1) is 17.9. The van der Waals surface area contributed by atoms with E-state index < -0.39 is 0 Å². The summed E-state index contributed by atoms with van der Waals surface area (Å²) in [7, 11) is 0. The number of aryl methyl sites for hydroxylation is 2. The summed E-state index contributed by atoms with van der Waals surface area (Å²) >= 11 is 0. The number of furan rings is 1. The van der Waals surface area contributed by atoms with Crippen molar-refractivity contribution in [3.05, 3.63) is 95.1 Å². The lowest BCUT2D eigenvalue weighted by Crippen LogP contribution is -2.10. The summed E-state index contributed by atoms with van der Waals surface area (Å²) in [6.07, 6.45) is 1.02. The molecule has 6 aromatic rings. The van der Waals surface area contributed by atoms with Crippen molar-refractivity contribution >= 4 is 33.0 Å². The summed E-state index contributed by atoms with van der Waals surface area (Å²) in [5, 5.41) is 2.27. The lowest BCUT2D eigenvalue weighted by molar-refractivity contribution is 0.669. The van der Waals surface area contributed by atoms with Gasteiger partial charge >= 0.3 is 0 Å². The van der Waals surface area contributed by atoms with Crippen LogP contribution < -0.4 is 0 Å². The smallest absolute Gasteiger partial charge is 0.149 e. The van der Waals surface area contributed by atoms with Gasteiger partial charge in [0.15, 0.2) is 0 Å². The van der Waals surface area contributed by atoms with Gasteiger partial charge in [0.25, 0.3) is 0 Å². The van der Waals surface area contributed by atoms with E-state index in [2.05, 4.69) is 113 Å². The first kappa shape index (κ1) is 23.5. The van der Waals surface area contributed by atoms with E-state index in [-0.39, 0.29) is 0 Å². The van der Waals surface area contributed by atoms with Crippen molar-refractivity contribution in [3.8, 4) is 17.1 Å². The van der Waals surface area contributed by atoms with E-state index in [1.54, 1.807) is 0 Å². The number of para-hydroxylation sites is 3. The van der Waals surface area contributed by atoms with Crippen LogP contribution in [0.25, 0.3) is 50.0 Å². The molecule has 3 nitrogen and oxygen atoms in total. The molecule has 37 heavy (non-hydrogen) atoms. The van der Waals surface area contributed by atoms with E-state index in [1.165, 1.54) is 22.4 Å². The molecule has 0 N–H and O–H groups in total. The number of hydrogen-bond acceptors (Lipinski definition) is 2. The third-order valence-electron chi connectivity index (χ3n) is 7.64. The minimum atomic E-state index is 0.371. The fraction of sp³-hybridized carbons (Fsp3) is 0.265. The highest BCUT2D eigenvalue weighted by molar-refractivity contribution is 6.10. The Labute approximate surface area is 218 Å².